The average molecular weight is 964 g/mol. The number of thiophene rings is 8. The first-order valence-corrected chi connectivity index (χ1v) is 29.0. The fourth-order valence-corrected chi connectivity index (χ4v) is 16.5. The number of unbranched alkanes of at least 4 members (excludes halogenated alkanes) is 6. The van der Waals surface area contributed by atoms with Crippen molar-refractivity contribution in [2.75, 3.05) is 0 Å². The van der Waals surface area contributed by atoms with Crippen LogP contribution in [0.15, 0.2) is 107 Å². The van der Waals surface area contributed by atoms with E-state index in [1.807, 2.05) is 90.7 Å². The summed E-state index contributed by atoms with van der Waals surface area (Å²) in [6.45, 7) is 4.56. The topological polar surface area (TPSA) is 24.7 Å². The lowest BCUT2D eigenvalue weighted by Gasteiger charge is -2.25. The minimum absolute atomic E-state index is 0.230. The molecule has 1 aliphatic carbocycles. The van der Waals surface area contributed by atoms with Crippen molar-refractivity contribution in [3.63, 3.8) is 0 Å². The van der Waals surface area contributed by atoms with Crippen molar-refractivity contribution >= 4 is 103 Å². The molecular weight excluding hydrogens is 909 g/mol. The second-order valence-corrected chi connectivity index (χ2v) is 25.1. The quantitative estimate of drug-likeness (QED) is 0.0537. The first-order chi connectivity index (χ1) is 30.6. The van der Waals surface area contributed by atoms with Crippen LogP contribution in [0.25, 0.3) is 58.5 Å². The van der Waals surface area contributed by atoms with Crippen molar-refractivity contribution < 1.29 is 0 Å². The third kappa shape index (κ3) is 11.2. The van der Waals surface area contributed by atoms with Crippen LogP contribution in [0.1, 0.15) is 110 Å². The molecule has 9 rings (SSSR count). The first-order valence-electron chi connectivity index (χ1n) is 22.4. The van der Waals surface area contributed by atoms with E-state index in [1.54, 1.807) is 0 Å². The molecule has 2 unspecified atom stereocenters. The van der Waals surface area contributed by atoms with Gasteiger partial charge in [-0.05, 0) is 136 Å². The van der Waals surface area contributed by atoms with Crippen LogP contribution in [0.2, 0.25) is 0 Å². The molecule has 62 heavy (non-hydrogen) atoms. The fourth-order valence-electron chi connectivity index (χ4n) is 8.04. The van der Waals surface area contributed by atoms with E-state index in [1.165, 1.54) is 155 Å². The smallest absolute Gasteiger partial charge is 0.0723 e. The zero-order valence-corrected chi connectivity index (χ0v) is 42.1. The molecule has 0 aromatic carbocycles. The van der Waals surface area contributed by atoms with Gasteiger partial charge in [-0.2, -0.15) is 0 Å². The summed E-state index contributed by atoms with van der Waals surface area (Å²) < 4.78 is 0. The second-order valence-electron chi connectivity index (χ2n) is 16.2. The number of nitrogens with zero attached hydrogens (tertiary/aromatic N) is 2. The summed E-state index contributed by atoms with van der Waals surface area (Å²) in [6.07, 6.45) is 21.9. The molecule has 0 bridgehead atoms. The number of hydrogen-bond acceptors (Lipinski definition) is 10. The Balaban J connectivity index is 0.788. The van der Waals surface area contributed by atoms with Crippen LogP contribution in [0.3, 0.4) is 0 Å². The van der Waals surface area contributed by atoms with Gasteiger partial charge in [0.05, 0.1) is 12.1 Å². The Hall–Kier alpha value is -3.06. The SMILES string of the molecule is CCCCCCc1ccc(-c2ccc(-c3ccc(-c4ccc(C=NC5CCCCC5N=Cc5ccc(-c6ccc(-c7ccc(-c8ccc(CCCCCC)s8)s7)s6)s5)s4)s3)s2)s1. The van der Waals surface area contributed by atoms with Gasteiger partial charge in [0, 0.05) is 90.5 Å². The Kier molecular flexibility index (Phi) is 15.5. The Bertz CT molecular complexity index is 2490. The van der Waals surface area contributed by atoms with Crippen molar-refractivity contribution in [1.29, 1.82) is 0 Å². The maximum atomic E-state index is 5.17. The fraction of sp³-hybridized carbons (Fsp3) is 0.346. The van der Waals surface area contributed by atoms with Gasteiger partial charge in [0.1, 0.15) is 0 Å². The van der Waals surface area contributed by atoms with E-state index in [4.69, 9.17) is 9.98 Å². The van der Waals surface area contributed by atoms with Crippen molar-refractivity contribution in [3.8, 4) is 58.5 Å². The van der Waals surface area contributed by atoms with E-state index >= 15 is 0 Å². The summed E-state index contributed by atoms with van der Waals surface area (Å²) in [5, 5.41) is 0. The van der Waals surface area contributed by atoms with Crippen LogP contribution < -0.4 is 0 Å². The number of aliphatic imine (C=N–C) groups is 2. The van der Waals surface area contributed by atoms with E-state index < -0.39 is 0 Å². The zero-order chi connectivity index (χ0) is 42.1. The van der Waals surface area contributed by atoms with Gasteiger partial charge in [-0.25, -0.2) is 0 Å². The highest BCUT2D eigenvalue weighted by Crippen LogP contribution is 2.45. The standard InChI is InChI=1S/C52H54N2S8/c1-3-5-7-9-13-35-17-21-41(55-35)45-25-29-49(59-45)51-31-27-47(61-51)43-23-19-37(57-43)33-53-39-15-11-12-16-40(39)54-34-38-20-24-44(58-38)48-28-32-52(62-48)50-30-26-46(60-50)42-22-18-36(56-42)14-10-8-6-4-2/h17-34,39-40H,3-16H2,1-2H3. The molecule has 0 radical (unpaired) electrons. The third-order valence-electron chi connectivity index (χ3n) is 11.5. The lowest BCUT2D eigenvalue weighted by atomic mass is 9.91. The Morgan fingerprint density at radius 2 is 0.677 bits per heavy atom. The van der Waals surface area contributed by atoms with Gasteiger partial charge in [-0.3, -0.25) is 9.98 Å². The Morgan fingerprint density at radius 1 is 0.371 bits per heavy atom. The minimum Gasteiger partial charge on any atom is -0.286 e. The van der Waals surface area contributed by atoms with Gasteiger partial charge in [0.25, 0.3) is 0 Å². The molecule has 2 atom stereocenters. The van der Waals surface area contributed by atoms with Gasteiger partial charge in [0.2, 0.25) is 0 Å². The number of aryl methyl sites for hydroxylation is 2. The maximum Gasteiger partial charge on any atom is 0.0723 e. The van der Waals surface area contributed by atoms with Crippen LogP contribution >= 0.6 is 90.7 Å². The summed E-state index contributed by atoms with van der Waals surface area (Å²) in [7, 11) is 0. The summed E-state index contributed by atoms with van der Waals surface area (Å²) in [5.41, 5.74) is 0. The Labute approximate surface area is 400 Å². The molecule has 8 aromatic rings. The highest BCUT2D eigenvalue weighted by atomic mass is 32.1. The monoisotopic (exact) mass is 962 g/mol. The molecule has 10 heteroatoms. The predicted molar refractivity (Wildman–Crippen MR) is 285 cm³/mol. The molecule has 2 nitrogen and oxygen atoms in total. The average Bonchev–Trinajstić information content (AvgIpc) is 4.15. The molecule has 0 saturated heterocycles. The molecule has 1 saturated carbocycles. The van der Waals surface area contributed by atoms with Gasteiger partial charge in [0.15, 0.2) is 0 Å². The Morgan fingerprint density at radius 3 is 1.03 bits per heavy atom. The number of rotatable bonds is 20. The third-order valence-corrected chi connectivity index (χ3v) is 21.3. The summed E-state index contributed by atoms with van der Waals surface area (Å²) in [6, 6.07) is 37.2. The molecule has 320 valence electrons. The summed E-state index contributed by atoms with van der Waals surface area (Å²) in [4.78, 5) is 32.1. The molecule has 1 fully saturated rings. The maximum absolute atomic E-state index is 5.17. The van der Waals surface area contributed by atoms with E-state index in [2.05, 4.69) is 123 Å². The summed E-state index contributed by atoms with van der Waals surface area (Å²) in [5.74, 6) is 0. The van der Waals surface area contributed by atoms with E-state index in [0.717, 1.165) is 12.8 Å². The van der Waals surface area contributed by atoms with Gasteiger partial charge >= 0.3 is 0 Å². The molecule has 8 heterocycles. The van der Waals surface area contributed by atoms with Crippen molar-refractivity contribution in [3.05, 3.63) is 117 Å². The zero-order valence-electron chi connectivity index (χ0n) is 35.6. The van der Waals surface area contributed by atoms with E-state index in [0.29, 0.717) is 0 Å². The predicted octanol–water partition coefficient (Wildman–Crippen LogP) is 19.3. The normalized spacial score (nSPS) is 15.8. The van der Waals surface area contributed by atoms with E-state index in [9.17, 15) is 0 Å². The van der Waals surface area contributed by atoms with Gasteiger partial charge in [-0.1, -0.05) is 65.2 Å². The second kappa shape index (κ2) is 21.7. The highest BCUT2D eigenvalue weighted by molar-refractivity contribution is 7.29. The number of hydrogen-bond donors (Lipinski definition) is 0. The van der Waals surface area contributed by atoms with Crippen molar-refractivity contribution in [1.82, 2.24) is 0 Å². The lowest BCUT2D eigenvalue weighted by Crippen LogP contribution is -2.27. The van der Waals surface area contributed by atoms with Crippen LogP contribution in [-0.2, 0) is 12.8 Å². The van der Waals surface area contributed by atoms with Crippen LogP contribution in [0.5, 0.6) is 0 Å². The van der Waals surface area contributed by atoms with Crippen LogP contribution in [0.4, 0.5) is 0 Å². The first kappa shape index (κ1) is 44.2. The lowest BCUT2D eigenvalue weighted by molar-refractivity contribution is 0.390. The van der Waals surface area contributed by atoms with Gasteiger partial charge < -0.3 is 0 Å². The molecule has 1 aliphatic rings. The minimum atomic E-state index is 0.230. The van der Waals surface area contributed by atoms with Gasteiger partial charge in [-0.15, -0.1) is 90.7 Å². The molecule has 0 aliphatic heterocycles. The molecule has 0 N–H and O–H groups in total. The molecule has 0 spiro atoms. The molecule has 0 amide bonds. The molecule has 8 aromatic heterocycles. The van der Waals surface area contributed by atoms with Crippen molar-refractivity contribution in [2.24, 2.45) is 9.98 Å². The van der Waals surface area contributed by atoms with Crippen LogP contribution in [0, 0.1) is 0 Å². The summed E-state index contributed by atoms with van der Waals surface area (Å²) >= 11 is 15.3. The van der Waals surface area contributed by atoms with E-state index in [-0.39, 0.29) is 12.1 Å². The molecular formula is C52H54N2S8. The van der Waals surface area contributed by atoms with Crippen molar-refractivity contribution in [2.45, 2.75) is 116 Å². The largest absolute Gasteiger partial charge is 0.286 e. The van der Waals surface area contributed by atoms with Crippen LogP contribution in [-0.4, -0.2) is 24.5 Å². The highest BCUT2D eigenvalue weighted by Gasteiger charge is 2.23.